The number of hydrogen-bond donors (Lipinski definition) is 4. The first kappa shape index (κ1) is 19.2. The van der Waals surface area contributed by atoms with E-state index in [1.54, 1.807) is 0 Å². The highest BCUT2D eigenvalue weighted by atomic mass is 16.3. The fraction of sp³-hybridized carbons (Fsp3) is 0.280. The van der Waals surface area contributed by atoms with Gasteiger partial charge in [0.1, 0.15) is 23.0 Å². The van der Waals surface area contributed by atoms with Gasteiger partial charge in [0, 0.05) is 10.4 Å². The standard InChI is InChI=1S/C25H26O4/c1-15-12-20(26)23-22(24(15)28)21(27)14-19(25(23)29)13-18-9-5-8-17(18)11-10-16-6-3-2-4-7-16/h2-4,6-7,12-14,17-18,26-29H,1,5,8-11H2. The average Bonchev–Trinajstić information content (AvgIpc) is 3.15. The first-order valence-corrected chi connectivity index (χ1v) is 10.1. The van der Waals surface area contributed by atoms with Crippen LogP contribution >= 0.6 is 0 Å². The molecule has 4 N–H and O–H groups in total. The van der Waals surface area contributed by atoms with Crippen LogP contribution in [0, 0.1) is 11.8 Å². The SMILES string of the molecule is C=c1cc(O)c2c(O)c(=CC3CCCC3CCc3ccccc3)cc(O)c2c1O. The van der Waals surface area contributed by atoms with Gasteiger partial charge in [-0.3, -0.25) is 0 Å². The fourth-order valence-corrected chi connectivity index (χ4v) is 4.63. The van der Waals surface area contributed by atoms with E-state index in [2.05, 4.69) is 30.8 Å². The van der Waals surface area contributed by atoms with Crippen LogP contribution in [0.5, 0.6) is 23.0 Å². The highest BCUT2D eigenvalue weighted by molar-refractivity contribution is 6.01. The summed E-state index contributed by atoms with van der Waals surface area (Å²) in [5.74, 6) is 0.0538. The second-order valence-electron chi connectivity index (χ2n) is 8.03. The Morgan fingerprint density at radius 3 is 2.34 bits per heavy atom. The van der Waals surface area contributed by atoms with Crippen molar-refractivity contribution in [3.05, 3.63) is 58.5 Å². The number of hydrogen-bond acceptors (Lipinski definition) is 4. The maximum Gasteiger partial charge on any atom is 0.134 e. The molecule has 1 aliphatic rings. The van der Waals surface area contributed by atoms with E-state index >= 15 is 0 Å². The lowest BCUT2D eigenvalue weighted by Crippen LogP contribution is -2.12. The summed E-state index contributed by atoms with van der Waals surface area (Å²) >= 11 is 0. The summed E-state index contributed by atoms with van der Waals surface area (Å²) in [5.41, 5.74) is 1.33. The largest absolute Gasteiger partial charge is 0.507 e. The summed E-state index contributed by atoms with van der Waals surface area (Å²) in [5, 5.41) is 42.5. The van der Waals surface area contributed by atoms with Crippen LogP contribution in [0.15, 0.2) is 42.5 Å². The molecule has 0 aliphatic heterocycles. The predicted molar refractivity (Wildman–Crippen MR) is 115 cm³/mol. The Labute approximate surface area is 169 Å². The van der Waals surface area contributed by atoms with E-state index in [1.165, 1.54) is 17.7 Å². The average molecular weight is 390 g/mol. The third kappa shape index (κ3) is 3.63. The monoisotopic (exact) mass is 390 g/mol. The summed E-state index contributed by atoms with van der Waals surface area (Å²) in [6.07, 6.45) is 7.41. The lowest BCUT2D eigenvalue weighted by atomic mass is 9.89. The second-order valence-corrected chi connectivity index (χ2v) is 8.03. The molecule has 3 aromatic rings. The summed E-state index contributed by atoms with van der Waals surface area (Å²) in [6.45, 7) is 3.65. The molecule has 0 heterocycles. The van der Waals surface area contributed by atoms with Crippen LogP contribution < -0.4 is 10.4 Å². The van der Waals surface area contributed by atoms with Crippen molar-refractivity contribution in [2.75, 3.05) is 0 Å². The summed E-state index contributed by atoms with van der Waals surface area (Å²) < 4.78 is 0. The van der Waals surface area contributed by atoms with Gasteiger partial charge < -0.3 is 20.4 Å². The van der Waals surface area contributed by atoms with E-state index in [0.29, 0.717) is 17.1 Å². The third-order valence-corrected chi connectivity index (χ3v) is 6.17. The van der Waals surface area contributed by atoms with Gasteiger partial charge in [-0.25, -0.2) is 0 Å². The Bertz CT molecular complexity index is 1150. The van der Waals surface area contributed by atoms with E-state index in [4.69, 9.17) is 0 Å². The third-order valence-electron chi connectivity index (χ3n) is 6.17. The Morgan fingerprint density at radius 1 is 0.897 bits per heavy atom. The van der Waals surface area contributed by atoms with Gasteiger partial charge in [-0.1, -0.05) is 49.4 Å². The normalized spacial score (nSPS) is 19.8. The molecule has 2 atom stereocenters. The van der Waals surface area contributed by atoms with Crippen LogP contribution in [-0.4, -0.2) is 20.4 Å². The quantitative estimate of drug-likeness (QED) is 0.509. The Balaban J connectivity index is 1.70. The molecule has 1 fully saturated rings. The van der Waals surface area contributed by atoms with Gasteiger partial charge in [0.25, 0.3) is 0 Å². The molecule has 1 saturated carbocycles. The number of phenolic OH excluding ortho intramolecular Hbond substituents is 4. The molecule has 1 aliphatic carbocycles. The van der Waals surface area contributed by atoms with Crippen LogP contribution in [0.1, 0.15) is 31.2 Å². The van der Waals surface area contributed by atoms with Gasteiger partial charge in [-0.2, -0.15) is 0 Å². The first-order chi connectivity index (χ1) is 14.0. The highest BCUT2D eigenvalue weighted by Gasteiger charge is 2.26. The molecule has 4 rings (SSSR count). The molecule has 0 saturated heterocycles. The van der Waals surface area contributed by atoms with E-state index in [1.807, 2.05) is 12.1 Å². The smallest absolute Gasteiger partial charge is 0.134 e. The van der Waals surface area contributed by atoms with Gasteiger partial charge in [0.2, 0.25) is 0 Å². The zero-order valence-electron chi connectivity index (χ0n) is 16.3. The van der Waals surface area contributed by atoms with E-state index in [9.17, 15) is 20.4 Å². The van der Waals surface area contributed by atoms with Crippen molar-refractivity contribution in [3.63, 3.8) is 0 Å². The van der Waals surface area contributed by atoms with Crippen molar-refractivity contribution in [1.82, 2.24) is 0 Å². The van der Waals surface area contributed by atoms with Crippen molar-refractivity contribution >= 4 is 23.4 Å². The highest BCUT2D eigenvalue weighted by Crippen LogP contribution is 2.40. The van der Waals surface area contributed by atoms with E-state index in [-0.39, 0.29) is 39.0 Å². The van der Waals surface area contributed by atoms with Crippen LogP contribution in [0.4, 0.5) is 0 Å². The summed E-state index contributed by atoms with van der Waals surface area (Å²) in [4.78, 5) is 0. The molecular weight excluding hydrogens is 364 g/mol. The van der Waals surface area contributed by atoms with Crippen molar-refractivity contribution in [3.8, 4) is 23.0 Å². The van der Waals surface area contributed by atoms with Gasteiger partial charge in [0.05, 0.1) is 10.8 Å². The molecule has 4 heteroatoms. The van der Waals surface area contributed by atoms with Crippen LogP contribution in [-0.2, 0) is 6.42 Å². The predicted octanol–water partition coefficient (Wildman–Crippen LogP) is 3.90. The fourth-order valence-electron chi connectivity index (χ4n) is 4.63. The lowest BCUT2D eigenvalue weighted by Gasteiger charge is -2.17. The molecule has 29 heavy (non-hydrogen) atoms. The van der Waals surface area contributed by atoms with Crippen LogP contribution in [0.2, 0.25) is 0 Å². The first-order valence-electron chi connectivity index (χ1n) is 10.1. The van der Waals surface area contributed by atoms with Crippen LogP contribution in [0.3, 0.4) is 0 Å². The summed E-state index contributed by atoms with van der Waals surface area (Å²) in [6, 6.07) is 13.2. The van der Waals surface area contributed by atoms with Gasteiger partial charge in [-0.15, -0.1) is 0 Å². The molecule has 4 nitrogen and oxygen atoms in total. The minimum absolute atomic E-state index is 0.0247. The molecule has 3 aromatic carbocycles. The van der Waals surface area contributed by atoms with Crippen LogP contribution in [0.25, 0.3) is 23.4 Å². The Kier molecular flexibility index (Phi) is 5.10. The van der Waals surface area contributed by atoms with Gasteiger partial charge >= 0.3 is 0 Å². The Hall–Kier alpha value is -3.14. The molecule has 0 amide bonds. The molecule has 0 spiro atoms. The number of benzene rings is 3. The second kappa shape index (κ2) is 7.70. The van der Waals surface area contributed by atoms with E-state index in [0.717, 1.165) is 32.1 Å². The maximum atomic E-state index is 10.8. The zero-order chi connectivity index (χ0) is 20.5. The molecular formula is C25H26O4. The number of fused-ring (bicyclic) bond motifs is 1. The van der Waals surface area contributed by atoms with E-state index < -0.39 is 0 Å². The lowest BCUT2D eigenvalue weighted by molar-refractivity contribution is 0.435. The van der Waals surface area contributed by atoms with Gasteiger partial charge in [0.15, 0.2) is 0 Å². The zero-order valence-corrected chi connectivity index (χ0v) is 16.3. The minimum Gasteiger partial charge on any atom is -0.507 e. The van der Waals surface area contributed by atoms with Crippen molar-refractivity contribution in [1.29, 1.82) is 0 Å². The number of rotatable bonds is 4. The van der Waals surface area contributed by atoms with Crippen molar-refractivity contribution in [2.24, 2.45) is 11.8 Å². The molecule has 150 valence electrons. The minimum atomic E-state index is -0.237. The molecule has 0 aromatic heterocycles. The molecule has 2 unspecified atom stereocenters. The van der Waals surface area contributed by atoms with Gasteiger partial charge in [-0.05, 0) is 55.2 Å². The Morgan fingerprint density at radius 2 is 1.59 bits per heavy atom. The van der Waals surface area contributed by atoms with Crippen molar-refractivity contribution < 1.29 is 20.4 Å². The number of phenols is 4. The topological polar surface area (TPSA) is 80.9 Å². The molecule has 0 radical (unpaired) electrons. The number of aryl methyl sites for hydroxylation is 1. The summed E-state index contributed by atoms with van der Waals surface area (Å²) in [7, 11) is 0. The maximum absolute atomic E-state index is 10.8. The number of aromatic hydroxyl groups is 4. The molecule has 0 bridgehead atoms. The van der Waals surface area contributed by atoms with Crippen molar-refractivity contribution in [2.45, 2.75) is 32.1 Å².